The van der Waals surface area contributed by atoms with Crippen LogP contribution in [0.2, 0.25) is 0 Å². The van der Waals surface area contributed by atoms with Gasteiger partial charge in [0.15, 0.2) is 0 Å². The molecule has 5 heteroatoms. The number of nitrogens with one attached hydrogen (secondary N) is 1. The van der Waals surface area contributed by atoms with E-state index in [2.05, 4.69) is 10.3 Å². The molecule has 1 heterocycles. The molecule has 0 saturated carbocycles. The smallest absolute Gasteiger partial charge is 0.212 e. The first-order valence-corrected chi connectivity index (χ1v) is 6.31. The van der Waals surface area contributed by atoms with E-state index in [9.17, 15) is 9.50 Å². The molecule has 0 aliphatic heterocycles. The molecule has 1 aromatic carbocycles. The van der Waals surface area contributed by atoms with Crippen LogP contribution in [0.3, 0.4) is 0 Å². The van der Waals surface area contributed by atoms with Crippen LogP contribution < -0.4 is 10.1 Å². The second-order valence-corrected chi connectivity index (χ2v) is 4.52. The van der Waals surface area contributed by atoms with Crippen molar-refractivity contribution in [1.82, 2.24) is 10.3 Å². The number of phenols is 1. The molecule has 0 amide bonds. The molecule has 1 unspecified atom stereocenters. The molecule has 0 radical (unpaired) electrons. The molecule has 2 N–H and O–H groups in total. The molecular weight excluding hydrogens is 259 g/mol. The van der Waals surface area contributed by atoms with Gasteiger partial charge in [-0.25, -0.2) is 9.37 Å². The number of hydrogen-bond donors (Lipinski definition) is 2. The highest BCUT2D eigenvalue weighted by Crippen LogP contribution is 2.21. The van der Waals surface area contributed by atoms with Crippen LogP contribution in [0.5, 0.6) is 11.6 Å². The Balaban J connectivity index is 1.98. The molecule has 0 spiro atoms. The highest BCUT2D eigenvalue weighted by Gasteiger charge is 2.11. The minimum absolute atomic E-state index is 0.0715. The molecule has 2 aromatic rings. The monoisotopic (exact) mass is 276 g/mol. The first-order chi connectivity index (χ1) is 9.60. The fraction of sp³-hybridized carbons (Fsp3) is 0.267. The second kappa shape index (κ2) is 6.34. The van der Waals surface area contributed by atoms with Crippen molar-refractivity contribution in [3.05, 3.63) is 53.5 Å². The molecular formula is C15H17FN2O2. The van der Waals surface area contributed by atoms with Crippen molar-refractivity contribution >= 4 is 0 Å². The Morgan fingerprint density at radius 2 is 2.15 bits per heavy atom. The number of phenolic OH excluding ortho intramolecular Hbond substituents is 1. The van der Waals surface area contributed by atoms with Gasteiger partial charge in [-0.2, -0.15) is 0 Å². The summed E-state index contributed by atoms with van der Waals surface area (Å²) >= 11 is 0. The molecule has 1 atom stereocenters. The summed E-state index contributed by atoms with van der Waals surface area (Å²) in [4.78, 5) is 4.11. The lowest BCUT2D eigenvalue weighted by molar-refractivity contribution is 0.397. The number of pyridine rings is 1. The predicted octanol–water partition coefficient (Wildman–Crippen LogP) is 2.79. The summed E-state index contributed by atoms with van der Waals surface area (Å²) in [6, 6.07) is 7.68. The number of benzene rings is 1. The maximum Gasteiger partial charge on any atom is 0.212 e. The van der Waals surface area contributed by atoms with Crippen LogP contribution >= 0.6 is 0 Å². The summed E-state index contributed by atoms with van der Waals surface area (Å²) in [6.07, 6.45) is 1.71. The summed E-state index contributed by atoms with van der Waals surface area (Å²) < 4.78 is 18.7. The Hall–Kier alpha value is -2.14. The Labute approximate surface area is 117 Å². The largest absolute Gasteiger partial charge is 0.508 e. The third kappa shape index (κ3) is 3.45. The summed E-state index contributed by atoms with van der Waals surface area (Å²) in [5, 5.41) is 12.4. The van der Waals surface area contributed by atoms with Crippen molar-refractivity contribution in [2.45, 2.75) is 19.5 Å². The number of aromatic hydroxyl groups is 1. The summed E-state index contributed by atoms with van der Waals surface area (Å²) in [5.74, 6) is 0.0713. The van der Waals surface area contributed by atoms with E-state index in [1.165, 1.54) is 6.07 Å². The van der Waals surface area contributed by atoms with Crippen LogP contribution in [0, 0.1) is 5.82 Å². The molecule has 0 aliphatic rings. The van der Waals surface area contributed by atoms with Crippen LogP contribution in [0.4, 0.5) is 4.39 Å². The second-order valence-electron chi connectivity index (χ2n) is 4.52. The zero-order valence-electron chi connectivity index (χ0n) is 11.4. The van der Waals surface area contributed by atoms with Crippen molar-refractivity contribution in [2.75, 3.05) is 7.11 Å². The first kappa shape index (κ1) is 14.3. The minimum Gasteiger partial charge on any atom is -0.508 e. The van der Waals surface area contributed by atoms with Gasteiger partial charge in [0.05, 0.1) is 7.11 Å². The SMILES string of the molecule is COc1ccc(CNC(C)c2ccc(O)cc2F)cn1. The molecule has 1 aromatic heterocycles. The van der Waals surface area contributed by atoms with Gasteiger partial charge in [0.2, 0.25) is 5.88 Å². The summed E-state index contributed by atoms with van der Waals surface area (Å²) in [5.41, 5.74) is 1.50. The van der Waals surface area contributed by atoms with Gasteiger partial charge >= 0.3 is 0 Å². The summed E-state index contributed by atoms with van der Waals surface area (Å²) in [6.45, 7) is 2.44. The van der Waals surface area contributed by atoms with Crippen LogP contribution in [0.25, 0.3) is 0 Å². The zero-order valence-corrected chi connectivity index (χ0v) is 11.4. The first-order valence-electron chi connectivity index (χ1n) is 6.31. The number of methoxy groups -OCH3 is 1. The third-order valence-electron chi connectivity index (χ3n) is 3.07. The van der Waals surface area contributed by atoms with E-state index in [-0.39, 0.29) is 11.8 Å². The van der Waals surface area contributed by atoms with Gasteiger partial charge in [0.1, 0.15) is 11.6 Å². The third-order valence-corrected chi connectivity index (χ3v) is 3.07. The van der Waals surface area contributed by atoms with Crippen molar-refractivity contribution in [1.29, 1.82) is 0 Å². The van der Waals surface area contributed by atoms with Crippen LogP contribution in [-0.2, 0) is 6.54 Å². The molecule has 0 fully saturated rings. The predicted molar refractivity (Wildman–Crippen MR) is 74.1 cm³/mol. The minimum atomic E-state index is -0.419. The lowest BCUT2D eigenvalue weighted by atomic mass is 10.1. The standard InChI is InChI=1S/C15H17FN2O2/c1-10(13-5-4-12(19)7-14(13)16)17-8-11-3-6-15(20-2)18-9-11/h3-7,9-10,17,19H,8H2,1-2H3. The van der Waals surface area contributed by atoms with Crippen molar-refractivity contribution in [2.24, 2.45) is 0 Å². The lowest BCUT2D eigenvalue weighted by Gasteiger charge is -2.15. The van der Waals surface area contributed by atoms with E-state index in [1.807, 2.05) is 13.0 Å². The van der Waals surface area contributed by atoms with E-state index in [1.54, 1.807) is 25.4 Å². The van der Waals surface area contributed by atoms with E-state index in [0.29, 0.717) is 18.0 Å². The number of aromatic nitrogens is 1. The van der Waals surface area contributed by atoms with Crippen molar-refractivity contribution in [3.8, 4) is 11.6 Å². The van der Waals surface area contributed by atoms with Crippen LogP contribution in [-0.4, -0.2) is 17.2 Å². The van der Waals surface area contributed by atoms with E-state index < -0.39 is 5.82 Å². The van der Waals surface area contributed by atoms with Gasteiger partial charge < -0.3 is 15.2 Å². The number of halogens is 1. The van der Waals surface area contributed by atoms with Gasteiger partial charge in [0.25, 0.3) is 0 Å². The molecule has 0 aliphatic carbocycles. The number of rotatable bonds is 5. The zero-order chi connectivity index (χ0) is 14.5. The van der Waals surface area contributed by atoms with E-state index in [4.69, 9.17) is 4.74 Å². The number of nitrogens with zero attached hydrogens (tertiary/aromatic N) is 1. The van der Waals surface area contributed by atoms with Gasteiger partial charge in [0, 0.05) is 36.5 Å². The lowest BCUT2D eigenvalue weighted by Crippen LogP contribution is -2.19. The molecule has 0 bridgehead atoms. The number of hydrogen-bond acceptors (Lipinski definition) is 4. The molecule has 4 nitrogen and oxygen atoms in total. The van der Waals surface area contributed by atoms with Crippen LogP contribution in [0.15, 0.2) is 36.5 Å². The molecule has 0 saturated heterocycles. The highest BCUT2D eigenvalue weighted by molar-refractivity contribution is 5.29. The molecule has 20 heavy (non-hydrogen) atoms. The van der Waals surface area contributed by atoms with Gasteiger partial charge in [-0.15, -0.1) is 0 Å². The maximum atomic E-state index is 13.7. The normalized spacial score (nSPS) is 12.2. The topological polar surface area (TPSA) is 54.4 Å². The van der Waals surface area contributed by atoms with Gasteiger partial charge in [-0.05, 0) is 18.6 Å². The average Bonchev–Trinajstić information content (AvgIpc) is 2.45. The average molecular weight is 276 g/mol. The molecule has 2 rings (SSSR count). The molecule has 106 valence electrons. The quantitative estimate of drug-likeness (QED) is 0.881. The summed E-state index contributed by atoms with van der Waals surface area (Å²) in [7, 11) is 1.57. The Morgan fingerprint density at radius 3 is 2.75 bits per heavy atom. The van der Waals surface area contributed by atoms with Gasteiger partial charge in [-0.3, -0.25) is 0 Å². The number of ether oxygens (including phenoxy) is 1. The van der Waals surface area contributed by atoms with E-state index >= 15 is 0 Å². The fourth-order valence-electron chi connectivity index (χ4n) is 1.88. The Morgan fingerprint density at radius 1 is 1.35 bits per heavy atom. The van der Waals surface area contributed by atoms with Crippen molar-refractivity contribution < 1.29 is 14.2 Å². The maximum absolute atomic E-state index is 13.7. The van der Waals surface area contributed by atoms with Crippen molar-refractivity contribution in [3.63, 3.8) is 0 Å². The highest BCUT2D eigenvalue weighted by atomic mass is 19.1. The van der Waals surface area contributed by atoms with Crippen LogP contribution in [0.1, 0.15) is 24.1 Å². The van der Waals surface area contributed by atoms with Gasteiger partial charge in [-0.1, -0.05) is 12.1 Å². The Bertz CT molecular complexity index is 573. The Kier molecular flexibility index (Phi) is 4.53. The fourth-order valence-corrected chi connectivity index (χ4v) is 1.88. The van der Waals surface area contributed by atoms with E-state index in [0.717, 1.165) is 11.6 Å².